The van der Waals surface area contributed by atoms with E-state index in [1.807, 2.05) is 17.9 Å². The van der Waals surface area contributed by atoms with Crippen LogP contribution in [0.3, 0.4) is 0 Å². The van der Waals surface area contributed by atoms with Crippen LogP contribution in [0.15, 0.2) is 18.3 Å². The van der Waals surface area contributed by atoms with Crippen LogP contribution in [0.5, 0.6) is 0 Å². The first-order valence-corrected chi connectivity index (χ1v) is 11.5. The summed E-state index contributed by atoms with van der Waals surface area (Å²) in [5, 5.41) is 6.24. The number of rotatable bonds is 4. The van der Waals surface area contributed by atoms with Crippen molar-refractivity contribution in [2.24, 2.45) is 5.92 Å². The van der Waals surface area contributed by atoms with E-state index in [1.54, 1.807) is 17.2 Å². The molecule has 1 saturated carbocycles. The minimum atomic E-state index is -0.955. The Kier molecular flexibility index (Phi) is 6.55. The number of amides is 3. The van der Waals surface area contributed by atoms with Crippen molar-refractivity contribution < 1.29 is 14.4 Å². The largest absolute Gasteiger partial charge is 0.339 e. The topological polar surface area (TPSA) is 94.6 Å². The van der Waals surface area contributed by atoms with E-state index in [4.69, 9.17) is 0 Å². The van der Waals surface area contributed by atoms with E-state index in [0.29, 0.717) is 51.3 Å². The smallest absolute Gasteiger partial charge is 0.318 e. The van der Waals surface area contributed by atoms with Gasteiger partial charge < -0.3 is 20.4 Å². The predicted octanol–water partition coefficient (Wildman–Crippen LogP) is 1.74. The highest BCUT2D eigenvalue weighted by Gasteiger charge is 2.44. The molecule has 1 atom stereocenters. The van der Waals surface area contributed by atoms with Gasteiger partial charge in [0.1, 0.15) is 5.54 Å². The molecule has 1 aromatic heterocycles. The van der Waals surface area contributed by atoms with Gasteiger partial charge in [0.2, 0.25) is 5.91 Å². The fraction of sp³-hybridized carbons (Fsp3) is 0.652. The van der Waals surface area contributed by atoms with Gasteiger partial charge in [-0.3, -0.25) is 14.6 Å². The third-order valence-electron chi connectivity index (χ3n) is 6.94. The number of pyridine rings is 1. The molecule has 2 saturated heterocycles. The van der Waals surface area contributed by atoms with Crippen molar-refractivity contribution >= 4 is 17.7 Å². The SMILES string of the molecule is Cc1ccc(C(=O)[C@@]2(NC(=O)N3CCN(C(=O)C4CCCCC4)CC3)CCNC2)cn1. The number of hydrogen-bond acceptors (Lipinski definition) is 5. The molecule has 2 aliphatic heterocycles. The van der Waals surface area contributed by atoms with E-state index >= 15 is 0 Å². The number of hydrogen-bond donors (Lipinski definition) is 2. The third kappa shape index (κ3) is 4.74. The molecule has 8 nitrogen and oxygen atoms in total. The summed E-state index contributed by atoms with van der Waals surface area (Å²) < 4.78 is 0. The zero-order chi connectivity index (χ0) is 21.8. The van der Waals surface area contributed by atoms with E-state index in [2.05, 4.69) is 15.6 Å². The van der Waals surface area contributed by atoms with E-state index in [9.17, 15) is 14.4 Å². The van der Waals surface area contributed by atoms with E-state index < -0.39 is 5.54 Å². The van der Waals surface area contributed by atoms with Gasteiger partial charge in [0.15, 0.2) is 5.78 Å². The Morgan fingerprint density at radius 1 is 1.06 bits per heavy atom. The van der Waals surface area contributed by atoms with Crippen LogP contribution in [-0.2, 0) is 4.79 Å². The molecule has 3 aliphatic rings. The number of aromatic nitrogens is 1. The van der Waals surface area contributed by atoms with Gasteiger partial charge in [0.05, 0.1) is 0 Å². The van der Waals surface area contributed by atoms with E-state index in [0.717, 1.165) is 31.4 Å². The number of nitrogens with one attached hydrogen (secondary N) is 2. The molecular weight excluding hydrogens is 394 g/mol. The highest BCUT2D eigenvalue weighted by molar-refractivity contribution is 6.05. The van der Waals surface area contributed by atoms with Crippen molar-refractivity contribution in [2.45, 2.75) is 51.0 Å². The fourth-order valence-corrected chi connectivity index (χ4v) is 4.95. The second-order valence-corrected chi connectivity index (χ2v) is 9.10. The van der Waals surface area contributed by atoms with Crippen LogP contribution in [0.25, 0.3) is 0 Å². The van der Waals surface area contributed by atoms with Crippen molar-refractivity contribution in [3.05, 3.63) is 29.6 Å². The molecule has 3 amide bonds. The first-order valence-electron chi connectivity index (χ1n) is 11.5. The van der Waals surface area contributed by atoms with Gasteiger partial charge in [-0.25, -0.2) is 4.79 Å². The minimum Gasteiger partial charge on any atom is -0.339 e. The van der Waals surface area contributed by atoms with Crippen LogP contribution < -0.4 is 10.6 Å². The molecule has 1 aromatic rings. The summed E-state index contributed by atoms with van der Waals surface area (Å²) in [6, 6.07) is 3.35. The maximum absolute atomic E-state index is 13.2. The van der Waals surface area contributed by atoms with Crippen LogP contribution >= 0.6 is 0 Å². The van der Waals surface area contributed by atoms with Crippen molar-refractivity contribution in [2.75, 3.05) is 39.3 Å². The van der Waals surface area contributed by atoms with Crippen LogP contribution in [0, 0.1) is 12.8 Å². The van der Waals surface area contributed by atoms with Gasteiger partial charge >= 0.3 is 6.03 Å². The Labute approximate surface area is 183 Å². The van der Waals surface area contributed by atoms with Gasteiger partial charge in [-0.1, -0.05) is 19.3 Å². The first kappa shape index (κ1) is 21.7. The molecule has 31 heavy (non-hydrogen) atoms. The maximum Gasteiger partial charge on any atom is 0.318 e. The zero-order valence-corrected chi connectivity index (χ0v) is 18.4. The lowest BCUT2D eigenvalue weighted by Crippen LogP contribution is -2.61. The maximum atomic E-state index is 13.2. The molecule has 1 aliphatic carbocycles. The Hall–Kier alpha value is -2.48. The number of urea groups is 1. The number of ketones is 1. The summed E-state index contributed by atoms with van der Waals surface area (Å²) in [4.78, 5) is 46.9. The van der Waals surface area contributed by atoms with Gasteiger partial charge in [0.25, 0.3) is 0 Å². The average molecular weight is 428 g/mol. The molecule has 168 valence electrons. The summed E-state index contributed by atoms with van der Waals surface area (Å²) in [6.07, 6.45) is 7.62. The highest BCUT2D eigenvalue weighted by atomic mass is 16.2. The summed E-state index contributed by atoms with van der Waals surface area (Å²) in [6.45, 7) is 5.07. The molecule has 0 unspecified atom stereocenters. The Morgan fingerprint density at radius 3 is 2.39 bits per heavy atom. The Bertz CT molecular complexity index is 805. The third-order valence-corrected chi connectivity index (χ3v) is 6.94. The van der Waals surface area contributed by atoms with E-state index in [1.165, 1.54) is 6.42 Å². The highest BCUT2D eigenvalue weighted by Crippen LogP contribution is 2.26. The van der Waals surface area contributed by atoms with Crippen molar-refractivity contribution in [3.63, 3.8) is 0 Å². The van der Waals surface area contributed by atoms with Crippen LogP contribution in [-0.4, -0.2) is 77.3 Å². The zero-order valence-electron chi connectivity index (χ0n) is 18.4. The lowest BCUT2D eigenvalue weighted by atomic mass is 9.88. The molecule has 0 aromatic carbocycles. The predicted molar refractivity (Wildman–Crippen MR) is 117 cm³/mol. The molecule has 4 rings (SSSR count). The summed E-state index contributed by atoms with van der Waals surface area (Å²) in [5.74, 6) is 0.297. The monoisotopic (exact) mass is 427 g/mol. The number of carbonyl (C=O) groups is 3. The number of carbonyl (C=O) groups excluding carboxylic acids is 3. The molecule has 0 spiro atoms. The van der Waals surface area contributed by atoms with Gasteiger partial charge in [-0.2, -0.15) is 0 Å². The second kappa shape index (κ2) is 9.34. The van der Waals surface area contributed by atoms with Crippen molar-refractivity contribution in [1.82, 2.24) is 25.4 Å². The lowest BCUT2D eigenvalue weighted by Gasteiger charge is -2.38. The molecule has 3 heterocycles. The quantitative estimate of drug-likeness (QED) is 0.714. The fourth-order valence-electron chi connectivity index (χ4n) is 4.95. The van der Waals surface area contributed by atoms with Gasteiger partial charge in [-0.05, 0) is 44.9 Å². The molecule has 8 heteroatoms. The second-order valence-electron chi connectivity index (χ2n) is 9.10. The van der Waals surface area contributed by atoms with Crippen LogP contribution in [0.1, 0.15) is 54.6 Å². The Morgan fingerprint density at radius 2 is 1.77 bits per heavy atom. The average Bonchev–Trinajstić information content (AvgIpc) is 3.29. The lowest BCUT2D eigenvalue weighted by molar-refractivity contribution is -0.138. The summed E-state index contributed by atoms with van der Waals surface area (Å²) in [5.41, 5.74) is 0.403. The minimum absolute atomic E-state index is 0.107. The summed E-state index contributed by atoms with van der Waals surface area (Å²) in [7, 11) is 0. The van der Waals surface area contributed by atoms with Gasteiger partial charge in [0, 0.05) is 56.1 Å². The Balaban J connectivity index is 1.36. The normalized spacial score (nSPS) is 24.8. The number of piperazine rings is 1. The standard InChI is InChI=1S/C23H33N5O3/c1-17-7-8-19(15-25-17)20(29)23(9-10-24-16-23)26-22(31)28-13-11-27(12-14-28)21(30)18-5-3-2-4-6-18/h7-8,15,18,24H,2-6,9-14,16H2,1H3,(H,26,31)/t23-/m1/s1. The van der Waals surface area contributed by atoms with Crippen molar-refractivity contribution in [3.8, 4) is 0 Å². The number of nitrogens with zero attached hydrogens (tertiary/aromatic N) is 3. The van der Waals surface area contributed by atoms with Crippen LogP contribution in [0.2, 0.25) is 0 Å². The first-order chi connectivity index (χ1) is 15.0. The van der Waals surface area contributed by atoms with Gasteiger partial charge in [-0.15, -0.1) is 0 Å². The number of Topliss-reactive ketones (excluding diaryl/α,β-unsaturated/α-hetero) is 1. The molecular formula is C23H33N5O3. The van der Waals surface area contributed by atoms with E-state index in [-0.39, 0.29) is 23.6 Å². The van der Waals surface area contributed by atoms with Crippen molar-refractivity contribution in [1.29, 1.82) is 0 Å². The van der Waals surface area contributed by atoms with Crippen LogP contribution in [0.4, 0.5) is 4.79 Å². The molecule has 0 radical (unpaired) electrons. The summed E-state index contributed by atoms with van der Waals surface area (Å²) >= 11 is 0. The molecule has 0 bridgehead atoms. The molecule has 2 N–H and O–H groups in total. The molecule has 3 fully saturated rings. The number of aryl methyl sites for hydroxylation is 1.